The monoisotopic (exact) mass is 218 g/mol. The van der Waals surface area contributed by atoms with Crippen LogP contribution in [0, 0.1) is 17.0 Å². The summed E-state index contributed by atoms with van der Waals surface area (Å²) in [4.78, 5) is 14.7. The molecule has 0 unspecified atom stereocenters. The van der Waals surface area contributed by atoms with Gasteiger partial charge in [-0.25, -0.2) is 0 Å². The van der Waals surface area contributed by atoms with Gasteiger partial charge in [0.1, 0.15) is 0 Å². The zero-order chi connectivity index (χ0) is 11.7. The van der Waals surface area contributed by atoms with E-state index >= 15 is 0 Å². The van der Waals surface area contributed by atoms with Crippen LogP contribution >= 0.6 is 0 Å². The van der Waals surface area contributed by atoms with Crippen LogP contribution in [0.4, 0.5) is 5.69 Å². The van der Waals surface area contributed by atoms with E-state index in [0.717, 1.165) is 5.56 Å². The Morgan fingerprint density at radius 2 is 2.12 bits per heavy atom. The Labute approximate surface area is 91.8 Å². The molecule has 1 heterocycles. The number of hydrogen-bond acceptors (Lipinski definition) is 4. The Bertz CT molecular complexity index is 566. The molecule has 2 rings (SSSR count). The third-order valence-electron chi connectivity index (χ3n) is 2.45. The van der Waals surface area contributed by atoms with Gasteiger partial charge in [0.05, 0.1) is 22.9 Å². The molecule has 1 aromatic carbocycles. The van der Waals surface area contributed by atoms with Gasteiger partial charge in [-0.3, -0.25) is 15.1 Å². The number of hydrogen-bond donors (Lipinski definition) is 0. The van der Waals surface area contributed by atoms with E-state index < -0.39 is 4.92 Å². The Balaban J connectivity index is 2.93. The topological polar surface area (TPSA) is 65.3 Å². The number of nitrogens with zero attached hydrogens (tertiary/aromatic N) is 2. The normalized spacial score (nSPS) is 10.4. The molecule has 5 heteroatoms. The highest BCUT2D eigenvalue weighted by Crippen LogP contribution is 2.35. The van der Waals surface area contributed by atoms with Crippen LogP contribution in [-0.2, 0) is 0 Å². The Morgan fingerprint density at radius 3 is 2.75 bits per heavy atom. The highest BCUT2D eigenvalue weighted by molar-refractivity contribution is 5.93. The first-order chi connectivity index (χ1) is 7.65. The van der Waals surface area contributed by atoms with E-state index in [0.29, 0.717) is 10.9 Å². The zero-order valence-electron chi connectivity index (χ0n) is 8.93. The van der Waals surface area contributed by atoms with Gasteiger partial charge in [-0.2, -0.15) is 0 Å². The number of nitro benzene ring substituents is 1. The lowest BCUT2D eigenvalue weighted by Crippen LogP contribution is -1.96. The second-order valence-electron chi connectivity index (χ2n) is 3.40. The van der Waals surface area contributed by atoms with Crippen molar-refractivity contribution >= 4 is 16.6 Å². The lowest BCUT2D eigenvalue weighted by molar-refractivity contribution is -0.384. The van der Waals surface area contributed by atoms with Crippen LogP contribution in [0.5, 0.6) is 5.75 Å². The van der Waals surface area contributed by atoms with Crippen molar-refractivity contribution in [1.82, 2.24) is 4.98 Å². The summed E-state index contributed by atoms with van der Waals surface area (Å²) in [6, 6.07) is 5.02. The minimum Gasteiger partial charge on any atom is -0.490 e. The van der Waals surface area contributed by atoms with Crippen molar-refractivity contribution in [3.05, 3.63) is 40.1 Å². The van der Waals surface area contributed by atoms with E-state index in [9.17, 15) is 10.1 Å². The zero-order valence-corrected chi connectivity index (χ0v) is 8.93. The molecule has 0 saturated heterocycles. The van der Waals surface area contributed by atoms with Gasteiger partial charge in [-0.05, 0) is 30.7 Å². The average molecular weight is 218 g/mol. The van der Waals surface area contributed by atoms with E-state index in [1.54, 1.807) is 24.4 Å². The third kappa shape index (κ3) is 1.46. The molecular formula is C11H10N2O3. The molecule has 0 atom stereocenters. The fourth-order valence-corrected chi connectivity index (χ4v) is 1.72. The highest BCUT2D eigenvalue weighted by Gasteiger charge is 2.20. The number of pyridine rings is 1. The maximum Gasteiger partial charge on any atom is 0.320 e. The molecule has 0 aliphatic rings. The summed E-state index contributed by atoms with van der Waals surface area (Å²) in [5.74, 6) is 0.258. The van der Waals surface area contributed by atoms with Crippen LogP contribution in [-0.4, -0.2) is 17.0 Å². The van der Waals surface area contributed by atoms with Crippen molar-refractivity contribution in [3.63, 3.8) is 0 Å². The van der Waals surface area contributed by atoms with Crippen LogP contribution in [0.1, 0.15) is 5.56 Å². The summed E-state index contributed by atoms with van der Waals surface area (Å²) in [6.45, 7) is 1.82. The van der Waals surface area contributed by atoms with Gasteiger partial charge in [0.25, 0.3) is 0 Å². The highest BCUT2D eigenvalue weighted by atomic mass is 16.6. The van der Waals surface area contributed by atoms with Gasteiger partial charge in [0.2, 0.25) is 0 Å². The molecule has 0 fully saturated rings. The van der Waals surface area contributed by atoms with E-state index in [4.69, 9.17) is 4.74 Å². The number of aromatic nitrogens is 1. The predicted molar refractivity (Wildman–Crippen MR) is 59.7 cm³/mol. The summed E-state index contributed by atoms with van der Waals surface area (Å²) < 4.78 is 5.00. The van der Waals surface area contributed by atoms with Gasteiger partial charge < -0.3 is 4.74 Å². The van der Waals surface area contributed by atoms with Gasteiger partial charge in [-0.1, -0.05) is 0 Å². The van der Waals surface area contributed by atoms with E-state index in [1.165, 1.54) is 7.11 Å². The number of nitro groups is 1. The fourth-order valence-electron chi connectivity index (χ4n) is 1.72. The molecule has 0 aliphatic carbocycles. The van der Waals surface area contributed by atoms with Crippen molar-refractivity contribution < 1.29 is 9.66 Å². The minimum atomic E-state index is -0.435. The molecule has 16 heavy (non-hydrogen) atoms. The molecule has 1 aromatic heterocycles. The fraction of sp³-hybridized carbons (Fsp3) is 0.182. The first-order valence-corrected chi connectivity index (χ1v) is 4.72. The van der Waals surface area contributed by atoms with Gasteiger partial charge in [0, 0.05) is 6.20 Å². The second kappa shape index (κ2) is 3.77. The van der Waals surface area contributed by atoms with Crippen LogP contribution < -0.4 is 4.74 Å². The Hall–Kier alpha value is -2.17. The Kier molecular flexibility index (Phi) is 2.44. The van der Waals surface area contributed by atoms with Crippen LogP contribution in [0.2, 0.25) is 0 Å². The number of benzene rings is 1. The number of aryl methyl sites for hydroxylation is 1. The lowest BCUT2D eigenvalue weighted by atomic mass is 10.1. The van der Waals surface area contributed by atoms with Crippen molar-refractivity contribution in [1.29, 1.82) is 0 Å². The quantitative estimate of drug-likeness (QED) is 0.573. The molecule has 5 nitrogen and oxygen atoms in total. The maximum atomic E-state index is 11.0. The van der Waals surface area contributed by atoms with E-state index in [2.05, 4.69) is 4.98 Å². The van der Waals surface area contributed by atoms with Crippen LogP contribution in [0.25, 0.3) is 10.9 Å². The van der Waals surface area contributed by atoms with Crippen molar-refractivity contribution in [2.24, 2.45) is 0 Å². The number of fused-ring (bicyclic) bond motifs is 1. The molecule has 0 N–H and O–H groups in total. The summed E-state index contributed by atoms with van der Waals surface area (Å²) in [7, 11) is 1.42. The smallest absolute Gasteiger partial charge is 0.320 e. The molecule has 0 saturated carbocycles. The van der Waals surface area contributed by atoms with Crippen molar-refractivity contribution in [3.8, 4) is 5.75 Å². The number of rotatable bonds is 2. The summed E-state index contributed by atoms with van der Waals surface area (Å²) in [5, 5.41) is 11.6. The third-order valence-corrected chi connectivity index (χ3v) is 2.45. The largest absolute Gasteiger partial charge is 0.490 e. The second-order valence-corrected chi connectivity index (χ2v) is 3.40. The summed E-state index contributed by atoms with van der Waals surface area (Å²) >= 11 is 0. The average Bonchev–Trinajstić information content (AvgIpc) is 2.27. The molecule has 0 spiro atoms. The van der Waals surface area contributed by atoms with Gasteiger partial charge in [0.15, 0.2) is 5.75 Å². The Morgan fingerprint density at radius 1 is 1.38 bits per heavy atom. The number of methoxy groups -OCH3 is 1. The standard InChI is InChI=1S/C11H10N2O3/c1-7-5-6-12-8-3-4-9(16-2)11(10(7)8)13(14)15/h3-6H,1-2H3. The SMILES string of the molecule is COc1ccc2nccc(C)c2c1[N+](=O)[O-]. The first kappa shape index (κ1) is 10.4. The van der Waals surface area contributed by atoms with Crippen LogP contribution in [0.3, 0.4) is 0 Å². The van der Waals surface area contributed by atoms with Crippen molar-refractivity contribution in [2.45, 2.75) is 6.92 Å². The molecular weight excluding hydrogens is 208 g/mol. The number of ether oxygens (including phenoxy) is 1. The summed E-state index contributed by atoms with van der Waals surface area (Å²) in [6.07, 6.45) is 1.63. The minimum absolute atomic E-state index is 0.0226. The van der Waals surface area contributed by atoms with Crippen LogP contribution in [0.15, 0.2) is 24.4 Å². The molecule has 2 aromatic rings. The first-order valence-electron chi connectivity index (χ1n) is 4.72. The van der Waals surface area contributed by atoms with E-state index in [-0.39, 0.29) is 11.4 Å². The molecule has 0 bridgehead atoms. The molecule has 0 aliphatic heterocycles. The maximum absolute atomic E-state index is 11.0. The predicted octanol–water partition coefficient (Wildman–Crippen LogP) is 2.46. The van der Waals surface area contributed by atoms with Gasteiger partial charge in [-0.15, -0.1) is 0 Å². The van der Waals surface area contributed by atoms with E-state index in [1.807, 2.05) is 6.92 Å². The molecule has 0 radical (unpaired) electrons. The molecule has 0 amide bonds. The summed E-state index contributed by atoms with van der Waals surface area (Å²) in [5.41, 5.74) is 1.40. The molecule has 82 valence electrons. The lowest BCUT2D eigenvalue weighted by Gasteiger charge is -2.06. The van der Waals surface area contributed by atoms with Crippen molar-refractivity contribution in [2.75, 3.05) is 7.11 Å². The van der Waals surface area contributed by atoms with Gasteiger partial charge >= 0.3 is 5.69 Å².